The summed E-state index contributed by atoms with van der Waals surface area (Å²) in [6.45, 7) is -0.250. The zero-order chi connectivity index (χ0) is 11.0. The second kappa shape index (κ2) is 6.70. The van der Waals surface area contributed by atoms with Crippen LogP contribution in [0.1, 0.15) is 0 Å². The highest BCUT2D eigenvalue weighted by molar-refractivity contribution is 7.60. The summed E-state index contributed by atoms with van der Waals surface area (Å²) in [4.78, 5) is 17.2. The summed E-state index contributed by atoms with van der Waals surface area (Å²) >= 11 is 0. The van der Waals surface area contributed by atoms with Crippen LogP contribution in [-0.4, -0.2) is 33.2 Å². The van der Waals surface area contributed by atoms with Gasteiger partial charge in [-0.15, -0.1) is 0 Å². The van der Waals surface area contributed by atoms with Crippen molar-refractivity contribution >= 4 is 12.9 Å². The zero-order valence-corrected chi connectivity index (χ0v) is 8.34. The van der Waals surface area contributed by atoms with Crippen molar-refractivity contribution < 1.29 is 24.6 Å². The van der Waals surface area contributed by atoms with E-state index in [1.54, 1.807) is 18.2 Å². The van der Waals surface area contributed by atoms with Gasteiger partial charge in [0.25, 0.3) is 0 Å². The molecule has 14 heavy (non-hydrogen) atoms. The lowest BCUT2D eigenvalue weighted by atomic mass is 10.4. The van der Waals surface area contributed by atoms with Gasteiger partial charge < -0.3 is 20.0 Å². The topological polar surface area (TPSA) is 98.0 Å². The molecule has 0 saturated heterocycles. The monoisotopic (exact) mass is 220 g/mol. The fourth-order valence-corrected chi connectivity index (χ4v) is 1.18. The Bertz CT molecular complexity index is 279. The molecule has 0 aromatic heterocycles. The molecule has 1 rings (SSSR count). The van der Waals surface area contributed by atoms with E-state index in [0.29, 0.717) is 0 Å². The summed E-state index contributed by atoms with van der Waals surface area (Å²) in [5, 5.41) is 15.3. The van der Waals surface area contributed by atoms with E-state index in [0.717, 1.165) is 0 Å². The van der Waals surface area contributed by atoms with Crippen LogP contribution in [0.15, 0.2) is 30.3 Å². The molecule has 0 bridgehead atoms. The molecule has 0 spiro atoms. The van der Waals surface area contributed by atoms with Crippen molar-refractivity contribution in [3.8, 4) is 0 Å². The molecule has 0 aliphatic carbocycles. The second-order valence-corrected chi connectivity index (χ2v) is 3.93. The van der Waals surface area contributed by atoms with Crippen molar-refractivity contribution in [1.29, 1.82) is 0 Å². The molecule has 0 radical (unpaired) electrons. The van der Waals surface area contributed by atoms with E-state index < -0.39 is 7.60 Å². The molecule has 0 atom stereocenters. The van der Waals surface area contributed by atoms with E-state index in [1.165, 1.54) is 12.1 Å². The van der Waals surface area contributed by atoms with E-state index in [1.807, 2.05) is 0 Å². The Balaban J connectivity index is 0.000000364. The predicted octanol–water partition coefficient (Wildman–Crippen LogP) is -0.539. The van der Waals surface area contributed by atoms with E-state index in [2.05, 4.69) is 0 Å². The molecule has 1 aromatic carbocycles. The van der Waals surface area contributed by atoms with Crippen molar-refractivity contribution in [2.45, 2.75) is 0 Å². The molecule has 4 N–H and O–H groups in total. The van der Waals surface area contributed by atoms with Crippen LogP contribution in [0.25, 0.3) is 0 Å². The van der Waals surface area contributed by atoms with Gasteiger partial charge in [0.1, 0.15) is 0 Å². The van der Waals surface area contributed by atoms with E-state index in [4.69, 9.17) is 20.0 Å². The molecular weight excluding hydrogens is 207 g/mol. The summed E-state index contributed by atoms with van der Waals surface area (Å²) in [5.74, 6) is 0. The normalized spacial score (nSPS) is 10.3. The van der Waals surface area contributed by atoms with Crippen molar-refractivity contribution in [3.63, 3.8) is 0 Å². The molecule has 1 aromatic rings. The van der Waals surface area contributed by atoms with Gasteiger partial charge >= 0.3 is 7.60 Å². The lowest BCUT2D eigenvalue weighted by Gasteiger charge is -2.00. The molecule has 0 heterocycles. The summed E-state index contributed by atoms with van der Waals surface area (Å²) in [6, 6.07) is 7.70. The minimum Gasteiger partial charge on any atom is -0.394 e. The first-order valence-corrected chi connectivity index (χ1v) is 5.46. The SMILES string of the molecule is O=P(O)(O)c1ccccc1.OCCO. The average molecular weight is 220 g/mol. The lowest BCUT2D eigenvalue weighted by Crippen LogP contribution is -2.01. The molecule has 80 valence electrons. The highest BCUT2D eigenvalue weighted by atomic mass is 31.2. The molecule has 0 fully saturated rings. The highest BCUT2D eigenvalue weighted by Crippen LogP contribution is 2.32. The fourth-order valence-electron chi connectivity index (χ4n) is 0.622. The molecule has 0 aliphatic rings. The minimum absolute atomic E-state index is 0.0648. The van der Waals surface area contributed by atoms with Gasteiger partial charge in [-0.3, -0.25) is 4.57 Å². The fraction of sp³-hybridized carbons (Fsp3) is 0.250. The summed E-state index contributed by atoms with van der Waals surface area (Å²) in [6.07, 6.45) is 0. The first kappa shape index (κ1) is 13.3. The smallest absolute Gasteiger partial charge is 0.356 e. The zero-order valence-electron chi connectivity index (χ0n) is 7.45. The number of hydrogen-bond acceptors (Lipinski definition) is 3. The summed E-state index contributed by atoms with van der Waals surface area (Å²) < 4.78 is 10.5. The molecule has 6 heteroatoms. The third-order valence-corrected chi connectivity index (χ3v) is 2.16. The summed E-state index contributed by atoms with van der Waals surface area (Å²) in [5.41, 5.74) is 0. The molecular formula is C8H13O5P. The van der Waals surface area contributed by atoms with Crippen molar-refractivity contribution in [2.75, 3.05) is 13.2 Å². The quantitative estimate of drug-likeness (QED) is 0.502. The minimum atomic E-state index is -4.02. The van der Waals surface area contributed by atoms with Gasteiger partial charge in [0.15, 0.2) is 0 Å². The van der Waals surface area contributed by atoms with Crippen LogP contribution in [0.4, 0.5) is 0 Å². The van der Waals surface area contributed by atoms with Gasteiger partial charge in [0, 0.05) is 0 Å². The molecule has 0 unspecified atom stereocenters. The number of rotatable bonds is 2. The van der Waals surface area contributed by atoms with Crippen LogP contribution in [0.2, 0.25) is 0 Å². The van der Waals surface area contributed by atoms with Crippen molar-refractivity contribution in [1.82, 2.24) is 0 Å². The van der Waals surface area contributed by atoms with Gasteiger partial charge in [-0.25, -0.2) is 0 Å². The number of hydrogen-bond donors (Lipinski definition) is 4. The maximum atomic E-state index is 10.5. The predicted molar refractivity (Wildman–Crippen MR) is 52.3 cm³/mol. The molecule has 0 aliphatic heterocycles. The van der Waals surface area contributed by atoms with Crippen LogP contribution in [0.3, 0.4) is 0 Å². The van der Waals surface area contributed by atoms with Gasteiger partial charge in [0.2, 0.25) is 0 Å². The van der Waals surface area contributed by atoms with Gasteiger partial charge in [-0.2, -0.15) is 0 Å². The van der Waals surface area contributed by atoms with Crippen LogP contribution < -0.4 is 5.30 Å². The number of benzene rings is 1. The lowest BCUT2D eigenvalue weighted by molar-refractivity contribution is 0.186. The van der Waals surface area contributed by atoms with Crippen molar-refractivity contribution in [2.24, 2.45) is 0 Å². The van der Waals surface area contributed by atoms with Crippen LogP contribution in [0.5, 0.6) is 0 Å². The van der Waals surface area contributed by atoms with E-state index >= 15 is 0 Å². The number of aliphatic hydroxyl groups is 2. The van der Waals surface area contributed by atoms with Crippen LogP contribution in [-0.2, 0) is 4.57 Å². The first-order valence-electron chi connectivity index (χ1n) is 3.85. The van der Waals surface area contributed by atoms with Gasteiger partial charge in [-0.1, -0.05) is 18.2 Å². The Morgan fingerprint density at radius 2 is 1.43 bits per heavy atom. The largest absolute Gasteiger partial charge is 0.394 e. The van der Waals surface area contributed by atoms with E-state index in [9.17, 15) is 4.57 Å². The summed E-state index contributed by atoms with van der Waals surface area (Å²) in [7, 11) is -4.02. The van der Waals surface area contributed by atoms with E-state index in [-0.39, 0.29) is 18.5 Å². The Labute approximate surface area is 81.8 Å². The standard InChI is InChI=1S/C6H7O3P.C2H6O2/c7-10(8,9)6-4-2-1-3-5-6;3-1-2-4/h1-5H,(H2,7,8,9);3-4H,1-2H2. The molecule has 5 nitrogen and oxygen atoms in total. The highest BCUT2D eigenvalue weighted by Gasteiger charge is 2.14. The van der Waals surface area contributed by atoms with Crippen molar-refractivity contribution in [3.05, 3.63) is 30.3 Å². The maximum Gasteiger partial charge on any atom is 0.356 e. The Morgan fingerprint density at radius 3 is 1.64 bits per heavy atom. The third kappa shape index (κ3) is 5.85. The molecule has 0 saturated carbocycles. The van der Waals surface area contributed by atoms with Gasteiger partial charge in [-0.05, 0) is 12.1 Å². The Morgan fingerprint density at radius 1 is 1.00 bits per heavy atom. The van der Waals surface area contributed by atoms with Gasteiger partial charge in [0.05, 0.1) is 18.5 Å². The molecule has 0 amide bonds. The number of aliphatic hydroxyl groups excluding tert-OH is 2. The van der Waals surface area contributed by atoms with Crippen LogP contribution in [0, 0.1) is 0 Å². The maximum absolute atomic E-state index is 10.5. The second-order valence-electron chi connectivity index (χ2n) is 2.33. The Kier molecular flexibility index (Phi) is 6.36. The van der Waals surface area contributed by atoms with Crippen LogP contribution >= 0.6 is 7.60 Å². The Hall–Kier alpha value is -0.710. The average Bonchev–Trinajstić information content (AvgIpc) is 2.18. The third-order valence-electron chi connectivity index (χ3n) is 1.19. The first-order chi connectivity index (χ1) is 6.52.